The average Bonchev–Trinajstić information content (AvgIpc) is 3.59. The molecule has 38 heavy (non-hydrogen) atoms. The van der Waals surface area contributed by atoms with Gasteiger partial charge in [0.2, 0.25) is 0 Å². The van der Waals surface area contributed by atoms with Crippen molar-refractivity contribution < 1.29 is 4.57 Å². The van der Waals surface area contributed by atoms with Gasteiger partial charge in [0.25, 0.3) is 5.82 Å². The van der Waals surface area contributed by atoms with Gasteiger partial charge in [-0.3, -0.25) is 4.99 Å². The molecule has 0 fully saturated rings. The fourth-order valence-electron chi connectivity index (χ4n) is 6.89. The molecule has 8 rings (SSSR count). The van der Waals surface area contributed by atoms with Crippen molar-refractivity contribution in [1.29, 1.82) is 0 Å². The Morgan fingerprint density at radius 1 is 0.842 bits per heavy atom. The first-order chi connectivity index (χ1) is 18.7. The molecule has 3 nitrogen and oxygen atoms in total. The third-order valence-corrected chi connectivity index (χ3v) is 9.60. The second kappa shape index (κ2) is 7.86. The molecule has 0 bridgehead atoms. The molecular formula is C34H26N3S+. The molecule has 0 amide bonds. The molecular weight excluding hydrogens is 482 g/mol. The Labute approximate surface area is 225 Å². The minimum absolute atomic E-state index is 0.0666. The highest BCUT2D eigenvalue weighted by atomic mass is 32.1. The number of aromatic nitrogens is 2. The summed E-state index contributed by atoms with van der Waals surface area (Å²) in [6.45, 7) is 8.33. The summed E-state index contributed by atoms with van der Waals surface area (Å²) in [5.74, 6) is 1.36. The van der Waals surface area contributed by atoms with Crippen LogP contribution < -0.4 is 4.57 Å². The number of aliphatic imine (C=N–C) groups is 1. The van der Waals surface area contributed by atoms with E-state index in [0.29, 0.717) is 0 Å². The summed E-state index contributed by atoms with van der Waals surface area (Å²) in [5, 5.41) is 2.66. The average molecular weight is 509 g/mol. The molecule has 6 aromatic rings. The SMILES string of the molecule is C=CC1=NC(C=C)C(C2c3cc4c(cc3-c3n2c2ccccc2[n+]3C)sc2ccccc24)c2ccccc21. The van der Waals surface area contributed by atoms with Gasteiger partial charge in [-0.2, -0.15) is 0 Å². The Morgan fingerprint density at radius 3 is 2.50 bits per heavy atom. The van der Waals surface area contributed by atoms with Gasteiger partial charge in [-0.1, -0.05) is 67.3 Å². The van der Waals surface area contributed by atoms with Crippen molar-refractivity contribution in [1.82, 2.24) is 4.57 Å². The fraction of sp³-hybridized carbons (Fsp3) is 0.118. The molecule has 4 aromatic carbocycles. The predicted octanol–water partition coefficient (Wildman–Crippen LogP) is 7.73. The van der Waals surface area contributed by atoms with Crippen LogP contribution in [0.15, 0.2) is 115 Å². The second-order valence-corrected chi connectivity index (χ2v) is 11.4. The molecule has 4 heterocycles. The van der Waals surface area contributed by atoms with Gasteiger partial charge < -0.3 is 0 Å². The number of imidazole rings is 1. The first-order valence-corrected chi connectivity index (χ1v) is 13.9. The van der Waals surface area contributed by atoms with Crippen molar-refractivity contribution in [3.63, 3.8) is 0 Å². The van der Waals surface area contributed by atoms with Gasteiger partial charge in [-0.15, -0.1) is 17.9 Å². The zero-order valence-corrected chi connectivity index (χ0v) is 22.0. The van der Waals surface area contributed by atoms with Gasteiger partial charge in [0.05, 0.1) is 30.3 Å². The monoisotopic (exact) mass is 508 g/mol. The van der Waals surface area contributed by atoms with Crippen LogP contribution in [0.4, 0.5) is 0 Å². The highest BCUT2D eigenvalue weighted by Crippen LogP contribution is 2.53. The minimum atomic E-state index is -0.0666. The molecule has 0 aliphatic carbocycles. The maximum absolute atomic E-state index is 5.18. The zero-order valence-electron chi connectivity index (χ0n) is 21.1. The number of benzene rings is 4. The maximum atomic E-state index is 5.18. The van der Waals surface area contributed by atoms with Gasteiger partial charge in [-0.05, 0) is 42.0 Å². The molecule has 0 saturated carbocycles. The number of aryl methyl sites for hydroxylation is 1. The van der Waals surface area contributed by atoms with Crippen molar-refractivity contribution in [2.24, 2.45) is 12.0 Å². The van der Waals surface area contributed by atoms with Crippen LogP contribution in [0.5, 0.6) is 0 Å². The molecule has 4 heteroatoms. The number of allylic oxidation sites excluding steroid dienone is 1. The molecule has 0 saturated heterocycles. The first-order valence-electron chi connectivity index (χ1n) is 13.1. The molecule has 0 spiro atoms. The number of hydrogen-bond donors (Lipinski definition) is 0. The highest BCUT2D eigenvalue weighted by Gasteiger charge is 2.48. The zero-order chi connectivity index (χ0) is 25.5. The number of para-hydroxylation sites is 2. The van der Waals surface area contributed by atoms with E-state index in [1.807, 2.05) is 23.5 Å². The Bertz CT molecular complexity index is 2000. The van der Waals surface area contributed by atoms with Crippen LogP contribution in [-0.4, -0.2) is 16.3 Å². The number of thiophene rings is 1. The van der Waals surface area contributed by atoms with Gasteiger partial charge in [0.15, 0.2) is 11.0 Å². The van der Waals surface area contributed by atoms with Gasteiger partial charge in [0, 0.05) is 31.3 Å². The molecule has 2 aliphatic rings. The van der Waals surface area contributed by atoms with E-state index in [9.17, 15) is 0 Å². The molecule has 3 unspecified atom stereocenters. The third-order valence-electron chi connectivity index (χ3n) is 8.46. The van der Waals surface area contributed by atoms with Crippen LogP contribution in [0.25, 0.3) is 42.6 Å². The molecule has 0 radical (unpaired) electrons. The Balaban J connectivity index is 1.50. The summed E-state index contributed by atoms with van der Waals surface area (Å²) in [7, 11) is 2.20. The fourth-order valence-corrected chi connectivity index (χ4v) is 8.01. The number of hydrogen-bond acceptors (Lipinski definition) is 2. The predicted molar refractivity (Wildman–Crippen MR) is 159 cm³/mol. The van der Waals surface area contributed by atoms with Gasteiger partial charge in [0.1, 0.15) is 6.04 Å². The third kappa shape index (κ3) is 2.73. The van der Waals surface area contributed by atoms with Crippen LogP contribution in [0.2, 0.25) is 0 Å². The van der Waals surface area contributed by atoms with E-state index >= 15 is 0 Å². The smallest absolute Gasteiger partial charge is 0.276 e. The lowest BCUT2D eigenvalue weighted by molar-refractivity contribution is -0.633. The maximum Gasteiger partial charge on any atom is 0.290 e. The van der Waals surface area contributed by atoms with Crippen LogP contribution >= 0.6 is 11.3 Å². The summed E-state index contributed by atoms with van der Waals surface area (Å²) in [6, 6.07) is 31.1. The lowest BCUT2D eigenvalue weighted by Crippen LogP contribution is -2.31. The van der Waals surface area contributed by atoms with E-state index in [1.54, 1.807) is 0 Å². The lowest BCUT2D eigenvalue weighted by atomic mass is 9.77. The number of fused-ring (bicyclic) bond motifs is 9. The van der Waals surface area contributed by atoms with E-state index in [1.165, 1.54) is 59.3 Å². The molecule has 2 aromatic heterocycles. The molecule has 0 N–H and O–H groups in total. The minimum Gasteiger partial charge on any atom is -0.276 e. The first kappa shape index (κ1) is 21.8. The number of nitrogens with zero attached hydrogens (tertiary/aromatic N) is 3. The lowest BCUT2D eigenvalue weighted by Gasteiger charge is -2.33. The molecule has 3 atom stereocenters. The Hall–Kier alpha value is -4.28. The van der Waals surface area contributed by atoms with E-state index in [0.717, 1.165) is 5.71 Å². The van der Waals surface area contributed by atoms with Crippen LogP contribution in [0, 0.1) is 0 Å². The molecule has 2 aliphatic heterocycles. The highest BCUT2D eigenvalue weighted by molar-refractivity contribution is 7.25. The molecule has 182 valence electrons. The normalized spacial score (nSPS) is 19.8. The van der Waals surface area contributed by atoms with Crippen molar-refractivity contribution in [3.8, 4) is 11.4 Å². The van der Waals surface area contributed by atoms with Crippen molar-refractivity contribution in [2.45, 2.75) is 18.0 Å². The van der Waals surface area contributed by atoms with Crippen LogP contribution in [0.1, 0.15) is 28.7 Å². The van der Waals surface area contributed by atoms with Crippen LogP contribution in [0.3, 0.4) is 0 Å². The summed E-state index contributed by atoms with van der Waals surface area (Å²) >= 11 is 1.88. The Morgan fingerprint density at radius 2 is 1.63 bits per heavy atom. The van der Waals surface area contributed by atoms with E-state index in [4.69, 9.17) is 4.99 Å². The van der Waals surface area contributed by atoms with Crippen molar-refractivity contribution in [3.05, 3.63) is 127 Å². The second-order valence-electron chi connectivity index (χ2n) is 10.3. The van der Waals surface area contributed by atoms with E-state index < -0.39 is 0 Å². The van der Waals surface area contributed by atoms with Crippen LogP contribution in [-0.2, 0) is 7.05 Å². The summed E-state index contributed by atoms with van der Waals surface area (Å²) in [5.41, 5.74) is 8.59. The Kier molecular flexibility index (Phi) is 4.50. The largest absolute Gasteiger partial charge is 0.290 e. The van der Waals surface area contributed by atoms with Crippen molar-refractivity contribution >= 4 is 48.3 Å². The van der Waals surface area contributed by atoms with E-state index in [2.05, 4.69) is 114 Å². The summed E-state index contributed by atoms with van der Waals surface area (Å²) in [4.78, 5) is 5.18. The van der Waals surface area contributed by atoms with Gasteiger partial charge >= 0.3 is 0 Å². The number of rotatable bonds is 3. The summed E-state index contributed by atoms with van der Waals surface area (Å²) < 4.78 is 7.60. The topological polar surface area (TPSA) is 21.2 Å². The van der Waals surface area contributed by atoms with Crippen molar-refractivity contribution in [2.75, 3.05) is 0 Å². The van der Waals surface area contributed by atoms with E-state index in [-0.39, 0.29) is 18.0 Å². The van der Waals surface area contributed by atoms with Gasteiger partial charge in [-0.25, -0.2) is 9.13 Å². The quantitative estimate of drug-likeness (QED) is 0.172. The summed E-state index contributed by atoms with van der Waals surface area (Å²) in [6.07, 6.45) is 3.90. The standard InChI is InChI=1S/C34H26N3S/c1-4-26-20-12-6-7-14-22(20)32(27(5-2)35-26)33-24-18-23-21-13-8-11-17-30(21)38-31(23)19-25(24)34-36(3)28-15-9-10-16-29(28)37(33)34/h4-19,27,32-33H,1-2H2,3H3/q+1.